The van der Waals surface area contributed by atoms with E-state index in [1.807, 2.05) is 0 Å². The van der Waals surface area contributed by atoms with Crippen molar-refractivity contribution in [1.29, 1.82) is 0 Å². The molecule has 7 heteroatoms. The average Bonchev–Trinajstić information content (AvgIpc) is 3.10. The van der Waals surface area contributed by atoms with Crippen molar-refractivity contribution in [2.75, 3.05) is 12.3 Å². The molecule has 2 aromatic rings. The molecular formula is C15H14FN3O2S. The number of carbonyl (C=O) groups excluding carboxylic acids is 2. The molecule has 0 bridgehead atoms. The SMILES string of the molecule is O=C1CCC(=O)N1CCSc1ncc(-c2ccc(F)cc2)[nH]1. The summed E-state index contributed by atoms with van der Waals surface area (Å²) in [5.41, 5.74) is 1.65. The van der Waals surface area contributed by atoms with Crippen LogP contribution in [0.25, 0.3) is 11.3 Å². The number of hydrogen-bond donors (Lipinski definition) is 1. The highest BCUT2D eigenvalue weighted by molar-refractivity contribution is 7.99. The highest BCUT2D eigenvalue weighted by Crippen LogP contribution is 2.22. The number of amides is 2. The number of H-pyrrole nitrogens is 1. The highest BCUT2D eigenvalue weighted by atomic mass is 32.2. The molecule has 0 unspecified atom stereocenters. The van der Waals surface area contributed by atoms with Crippen LogP contribution in [0.2, 0.25) is 0 Å². The van der Waals surface area contributed by atoms with Gasteiger partial charge in [0.15, 0.2) is 5.16 Å². The minimum absolute atomic E-state index is 0.1000. The zero-order chi connectivity index (χ0) is 15.5. The summed E-state index contributed by atoms with van der Waals surface area (Å²) in [5, 5.41) is 0.707. The fourth-order valence-electron chi connectivity index (χ4n) is 2.26. The Morgan fingerprint density at radius 1 is 1.18 bits per heavy atom. The van der Waals surface area contributed by atoms with Gasteiger partial charge in [0.2, 0.25) is 11.8 Å². The van der Waals surface area contributed by atoms with E-state index in [2.05, 4.69) is 9.97 Å². The molecule has 1 fully saturated rings. The van der Waals surface area contributed by atoms with Crippen molar-refractivity contribution in [2.45, 2.75) is 18.0 Å². The minimum Gasteiger partial charge on any atom is -0.333 e. The summed E-state index contributed by atoms with van der Waals surface area (Å²) in [6.45, 7) is 0.398. The lowest BCUT2D eigenvalue weighted by Crippen LogP contribution is -2.31. The van der Waals surface area contributed by atoms with Crippen molar-refractivity contribution >= 4 is 23.6 Å². The highest BCUT2D eigenvalue weighted by Gasteiger charge is 2.28. The Morgan fingerprint density at radius 2 is 1.86 bits per heavy atom. The average molecular weight is 319 g/mol. The van der Waals surface area contributed by atoms with Gasteiger partial charge in [0.25, 0.3) is 0 Å². The normalized spacial score (nSPS) is 14.9. The van der Waals surface area contributed by atoms with Crippen LogP contribution in [-0.4, -0.2) is 39.0 Å². The van der Waals surface area contributed by atoms with E-state index in [1.165, 1.54) is 28.8 Å². The zero-order valence-corrected chi connectivity index (χ0v) is 12.5. The number of imidazole rings is 1. The van der Waals surface area contributed by atoms with Gasteiger partial charge in [-0.2, -0.15) is 0 Å². The molecule has 1 aliphatic heterocycles. The number of hydrogen-bond acceptors (Lipinski definition) is 4. The summed E-state index contributed by atoms with van der Waals surface area (Å²) in [4.78, 5) is 31.7. The minimum atomic E-state index is -0.280. The summed E-state index contributed by atoms with van der Waals surface area (Å²) in [6.07, 6.45) is 2.32. The number of benzene rings is 1. The number of halogens is 1. The molecule has 1 aliphatic rings. The van der Waals surface area contributed by atoms with Crippen molar-refractivity contribution < 1.29 is 14.0 Å². The maximum absolute atomic E-state index is 12.9. The van der Waals surface area contributed by atoms with E-state index < -0.39 is 0 Å². The monoisotopic (exact) mass is 319 g/mol. The van der Waals surface area contributed by atoms with Crippen molar-refractivity contribution in [2.24, 2.45) is 0 Å². The first-order chi connectivity index (χ1) is 10.6. The molecule has 2 amide bonds. The predicted octanol–water partition coefficient (Wildman–Crippen LogP) is 2.46. The molecule has 1 aromatic heterocycles. The van der Waals surface area contributed by atoms with E-state index in [1.54, 1.807) is 18.3 Å². The van der Waals surface area contributed by atoms with Crippen LogP contribution in [0, 0.1) is 5.82 Å². The number of likely N-dealkylation sites (tertiary alicyclic amines) is 1. The molecule has 1 aromatic carbocycles. The Hall–Kier alpha value is -2.15. The van der Waals surface area contributed by atoms with Gasteiger partial charge in [0, 0.05) is 25.1 Å². The number of rotatable bonds is 5. The van der Waals surface area contributed by atoms with Crippen LogP contribution in [-0.2, 0) is 9.59 Å². The van der Waals surface area contributed by atoms with Gasteiger partial charge in [-0.15, -0.1) is 0 Å². The van der Waals surface area contributed by atoms with Gasteiger partial charge in [0.1, 0.15) is 5.82 Å². The first-order valence-corrected chi connectivity index (χ1v) is 7.89. The molecule has 1 N–H and O–H groups in total. The Morgan fingerprint density at radius 3 is 2.55 bits per heavy atom. The second-order valence-electron chi connectivity index (χ2n) is 4.90. The molecule has 0 atom stereocenters. The summed E-state index contributed by atoms with van der Waals surface area (Å²) >= 11 is 1.44. The second-order valence-corrected chi connectivity index (χ2v) is 5.98. The molecule has 0 spiro atoms. The van der Waals surface area contributed by atoms with Crippen molar-refractivity contribution in [3.05, 3.63) is 36.3 Å². The van der Waals surface area contributed by atoms with Crippen molar-refractivity contribution in [3.8, 4) is 11.3 Å². The van der Waals surface area contributed by atoms with E-state index in [0.717, 1.165) is 11.3 Å². The van der Waals surface area contributed by atoms with Gasteiger partial charge in [0.05, 0.1) is 11.9 Å². The quantitative estimate of drug-likeness (QED) is 0.679. The number of imide groups is 1. The number of thioether (sulfide) groups is 1. The molecule has 0 aliphatic carbocycles. The molecule has 3 rings (SSSR count). The number of nitrogens with zero attached hydrogens (tertiary/aromatic N) is 2. The Kier molecular flexibility index (Phi) is 4.24. The first-order valence-electron chi connectivity index (χ1n) is 6.90. The number of nitrogens with one attached hydrogen (secondary N) is 1. The molecular weight excluding hydrogens is 305 g/mol. The Labute approximate surface area is 130 Å². The molecule has 5 nitrogen and oxygen atoms in total. The Bertz CT molecular complexity index is 683. The molecule has 0 radical (unpaired) electrons. The van der Waals surface area contributed by atoms with Gasteiger partial charge in [-0.1, -0.05) is 11.8 Å². The number of aromatic amines is 1. The van der Waals surface area contributed by atoms with E-state index in [9.17, 15) is 14.0 Å². The van der Waals surface area contributed by atoms with Gasteiger partial charge in [-0.3, -0.25) is 14.5 Å². The van der Waals surface area contributed by atoms with Crippen LogP contribution < -0.4 is 0 Å². The lowest BCUT2D eigenvalue weighted by atomic mass is 10.2. The van der Waals surface area contributed by atoms with Gasteiger partial charge in [-0.05, 0) is 29.8 Å². The summed E-state index contributed by atoms with van der Waals surface area (Å²) < 4.78 is 12.9. The zero-order valence-electron chi connectivity index (χ0n) is 11.7. The summed E-state index contributed by atoms with van der Waals surface area (Å²) in [5.74, 6) is 0.111. The lowest BCUT2D eigenvalue weighted by molar-refractivity contribution is -0.137. The second kappa shape index (κ2) is 6.31. The third kappa shape index (κ3) is 3.19. The van der Waals surface area contributed by atoms with Crippen LogP contribution in [0.1, 0.15) is 12.8 Å². The van der Waals surface area contributed by atoms with E-state index in [-0.39, 0.29) is 17.6 Å². The fraction of sp³-hybridized carbons (Fsp3) is 0.267. The summed E-state index contributed by atoms with van der Waals surface area (Å²) in [7, 11) is 0. The van der Waals surface area contributed by atoms with Crippen LogP contribution in [0.4, 0.5) is 4.39 Å². The lowest BCUT2D eigenvalue weighted by Gasteiger charge is -2.12. The number of aromatic nitrogens is 2. The standard InChI is InChI=1S/C15H14FN3O2S/c16-11-3-1-10(2-4-11)12-9-17-15(18-12)22-8-7-19-13(20)5-6-14(19)21/h1-4,9H,5-8H2,(H,17,18). The predicted molar refractivity (Wildman–Crippen MR) is 80.7 cm³/mol. The summed E-state index contributed by atoms with van der Waals surface area (Å²) in [6, 6.07) is 6.15. The van der Waals surface area contributed by atoms with Crippen LogP contribution in [0.15, 0.2) is 35.6 Å². The third-order valence-electron chi connectivity index (χ3n) is 3.42. The van der Waals surface area contributed by atoms with Gasteiger partial charge >= 0.3 is 0 Å². The topological polar surface area (TPSA) is 66.1 Å². The van der Waals surface area contributed by atoms with E-state index in [4.69, 9.17) is 0 Å². The molecule has 114 valence electrons. The van der Waals surface area contributed by atoms with Crippen molar-refractivity contribution in [1.82, 2.24) is 14.9 Å². The smallest absolute Gasteiger partial charge is 0.229 e. The fourth-order valence-corrected chi connectivity index (χ4v) is 3.03. The molecule has 0 saturated carbocycles. The van der Waals surface area contributed by atoms with E-state index in [0.29, 0.717) is 30.3 Å². The van der Waals surface area contributed by atoms with Gasteiger partial charge < -0.3 is 4.98 Å². The molecule has 1 saturated heterocycles. The Balaban J connectivity index is 1.57. The molecule has 2 heterocycles. The third-order valence-corrected chi connectivity index (χ3v) is 4.28. The van der Waals surface area contributed by atoms with Crippen LogP contribution >= 0.6 is 11.8 Å². The first kappa shape index (κ1) is 14.8. The molecule has 22 heavy (non-hydrogen) atoms. The van der Waals surface area contributed by atoms with Crippen molar-refractivity contribution in [3.63, 3.8) is 0 Å². The van der Waals surface area contributed by atoms with Crippen LogP contribution in [0.5, 0.6) is 0 Å². The maximum Gasteiger partial charge on any atom is 0.229 e. The largest absolute Gasteiger partial charge is 0.333 e. The maximum atomic E-state index is 12.9. The van der Waals surface area contributed by atoms with Gasteiger partial charge in [-0.25, -0.2) is 9.37 Å². The van der Waals surface area contributed by atoms with Crippen LogP contribution in [0.3, 0.4) is 0 Å². The number of carbonyl (C=O) groups is 2. The van der Waals surface area contributed by atoms with E-state index >= 15 is 0 Å².